The Morgan fingerprint density at radius 3 is 3.00 bits per heavy atom. The van der Waals surface area contributed by atoms with E-state index in [9.17, 15) is 0 Å². The maximum absolute atomic E-state index is 5.92. The van der Waals surface area contributed by atoms with E-state index in [4.69, 9.17) is 10.5 Å². The molecule has 4 nitrogen and oxygen atoms in total. The van der Waals surface area contributed by atoms with Crippen LogP contribution in [-0.2, 0) is 6.42 Å². The summed E-state index contributed by atoms with van der Waals surface area (Å²) in [5.41, 5.74) is 8.73. The number of nitrogens with one attached hydrogen (secondary N) is 1. The number of unbranched alkanes of at least 4 members (excludes halogenated alkanes) is 1. The first-order valence-electron chi connectivity index (χ1n) is 7.95. The minimum absolute atomic E-state index is 0. The molecule has 1 atom stereocenters. The molecule has 1 unspecified atom stereocenters. The van der Waals surface area contributed by atoms with E-state index in [0.29, 0.717) is 11.9 Å². The first-order valence-corrected chi connectivity index (χ1v) is 7.95. The van der Waals surface area contributed by atoms with Gasteiger partial charge in [-0.2, -0.15) is 0 Å². The summed E-state index contributed by atoms with van der Waals surface area (Å²) in [5.74, 6) is 1.99. The zero-order valence-electron chi connectivity index (χ0n) is 13.6. The highest BCUT2D eigenvalue weighted by Gasteiger charge is 2.20. The molecule has 0 bridgehead atoms. The van der Waals surface area contributed by atoms with Crippen molar-refractivity contribution in [3.63, 3.8) is 0 Å². The maximum Gasteiger partial charge on any atom is 0.188 e. The van der Waals surface area contributed by atoms with E-state index in [1.54, 1.807) is 7.11 Å². The molecule has 1 aliphatic carbocycles. The van der Waals surface area contributed by atoms with Gasteiger partial charge in [-0.05, 0) is 48.9 Å². The van der Waals surface area contributed by atoms with E-state index in [0.717, 1.165) is 38.1 Å². The van der Waals surface area contributed by atoms with Crippen molar-refractivity contribution < 1.29 is 4.74 Å². The van der Waals surface area contributed by atoms with Crippen molar-refractivity contribution in [3.8, 4) is 5.75 Å². The summed E-state index contributed by atoms with van der Waals surface area (Å²) in [6.07, 6.45) is 5.83. The second-order valence-electron chi connectivity index (χ2n) is 5.66. The van der Waals surface area contributed by atoms with Crippen molar-refractivity contribution in [1.82, 2.24) is 5.32 Å². The van der Waals surface area contributed by atoms with Crippen LogP contribution in [0.3, 0.4) is 0 Å². The first kappa shape index (κ1) is 19.1. The van der Waals surface area contributed by atoms with Gasteiger partial charge in [-0.3, -0.25) is 4.99 Å². The van der Waals surface area contributed by atoms with Crippen LogP contribution >= 0.6 is 24.0 Å². The number of hydrogen-bond acceptors (Lipinski definition) is 2. The molecule has 22 heavy (non-hydrogen) atoms. The molecule has 0 heterocycles. The summed E-state index contributed by atoms with van der Waals surface area (Å²) in [6.45, 7) is 3.84. The molecule has 2 rings (SSSR count). The average Bonchev–Trinajstić information content (AvgIpc) is 2.52. The van der Waals surface area contributed by atoms with Crippen LogP contribution in [0, 0.1) is 0 Å². The zero-order chi connectivity index (χ0) is 15.1. The molecule has 0 spiro atoms. The van der Waals surface area contributed by atoms with Gasteiger partial charge in [-0.15, -0.1) is 24.0 Å². The van der Waals surface area contributed by atoms with E-state index >= 15 is 0 Å². The highest BCUT2D eigenvalue weighted by Crippen LogP contribution is 2.33. The lowest BCUT2D eigenvalue weighted by molar-refractivity contribution is 0.413. The van der Waals surface area contributed by atoms with Gasteiger partial charge in [0.2, 0.25) is 0 Å². The molecule has 0 amide bonds. The van der Waals surface area contributed by atoms with Gasteiger partial charge in [0.25, 0.3) is 0 Å². The Balaban J connectivity index is 0.00000242. The summed E-state index contributed by atoms with van der Waals surface area (Å²) in [6, 6.07) is 6.39. The smallest absolute Gasteiger partial charge is 0.188 e. The van der Waals surface area contributed by atoms with E-state index in [-0.39, 0.29) is 24.0 Å². The lowest BCUT2D eigenvalue weighted by Gasteiger charge is -2.24. The minimum atomic E-state index is 0. The Bertz CT molecular complexity index is 491. The van der Waals surface area contributed by atoms with Gasteiger partial charge in [-0.25, -0.2) is 0 Å². The number of methoxy groups -OCH3 is 1. The number of aryl methyl sites for hydroxylation is 1. The molecular formula is C17H28IN3O. The predicted molar refractivity (Wildman–Crippen MR) is 103 cm³/mol. The SMILES string of the molecule is CCCCNC(N)=NCC1CCCc2cc(OC)ccc21.I. The molecule has 0 aliphatic heterocycles. The molecule has 1 aromatic carbocycles. The Hall–Kier alpha value is -0.980. The average molecular weight is 417 g/mol. The van der Waals surface area contributed by atoms with Crippen LogP contribution < -0.4 is 15.8 Å². The van der Waals surface area contributed by atoms with Crippen LogP contribution in [0.4, 0.5) is 0 Å². The first-order chi connectivity index (χ1) is 10.2. The third-order valence-corrected chi connectivity index (χ3v) is 4.11. The summed E-state index contributed by atoms with van der Waals surface area (Å²) in [7, 11) is 1.72. The van der Waals surface area contributed by atoms with Gasteiger partial charge >= 0.3 is 0 Å². The fraction of sp³-hybridized carbons (Fsp3) is 0.588. The standard InChI is InChI=1S/C17H27N3O.HI/c1-3-4-10-19-17(18)20-12-14-7-5-6-13-11-15(21-2)8-9-16(13)14;/h8-9,11,14H,3-7,10,12H2,1-2H3,(H3,18,19,20);1H. The van der Waals surface area contributed by atoms with Gasteiger partial charge in [0.1, 0.15) is 5.75 Å². The predicted octanol–water partition coefficient (Wildman–Crippen LogP) is 3.44. The molecule has 0 saturated carbocycles. The molecule has 1 aromatic rings. The van der Waals surface area contributed by atoms with Crippen molar-refractivity contribution in [2.24, 2.45) is 10.7 Å². The van der Waals surface area contributed by atoms with Crippen LogP contribution in [0.2, 0.25) is 0 Å². The largest absolute Gasteiger partial charge is 0.497 e. The zero-order valence-corrected chi connectivity index (χ0v) is 15.9. The molecule has 0 fully saturated rings. The van der Waals surface area contributed by atoms with Gasteiger partial charge in [0.05, 0.1) is 7.11 Å². The van der Waals surface area contributed by atoms with E-state index in [1.807, 2.05) is 6.07 Å². The summed E-state index contributed by atoms with van der Waals surface area (Å²) >= 11 is 0. The van der Waals surface area contributed by atoms with Gasteiger partial charge in [0.15, 0.2) is 5.96 Å². The summed E-state index contributed by atoms with van der Waals surface area (Å²) < 4.78 is 5.31. The van der Waals surface area contributed by atoms with Crippen LogP contribution in [0.25, 0.3) is 0 Å². The molecule has 0 saturated heterocycles. The highest BCUT2D eigenvalue weighted by molar-refractivity contribution is 14.0. The van der Waals surface area contributed by atoms with Crippen LogP contribution in [0.1, 0.15) is 49.7 Å². The molecule has 0 aromatic heterocycles. The number of rotatable bonds is 6. The number of fused-ring (bicyclic) bond motifs is 1. The number of benzene rings is 1. The Kier molecular flexibility index (Phi) is 8.60. The van der Waals surface area contributed by atoms with Gasteiger partial charge in [0, 0.05) is 19.0 Å². The number of halogens is 1. The summed E-state index contributed by atoms with van der Waals surface area (Å²) in [4.78, 5) is 4.51. The molecular weight excluding hydrogens is 389 g/mol. The Morgan fingerprint density at radius 1 is 1.45 bits per heavy atom. The van der Waals surface area contributed by atoms with Crippen molar-refractivity contribution in [3.05, 3.63) is 29.3 Å². The van der Waals surface area contributed by atoms with E-state index < -0.39 is 0 Å². The molecule has 5 heteroatoms. The van der Waals surface area contributed by atoms with Crippen LogP contribution in [0.15, 0.2) is 23.2 Å². The fourth-order valence-corrected chi connectivity index (χ4v) is 2.87. The lowest BCUT2D eigenvalue weighted by atomic mass is 9.83. The maximum atomic E-state index is 5.92. The molecule has 124 valence electrons. The number of aliphatic imine (C=N–C) groups is 1. The third kappa shape index (κ3) is 5.34. The number of nitrogens with two attached hydrogens (primary N) is 1. The second-order valence-corrected chi connectivity index (χ2v) is 5.66. The fourth-order valence-electron chi connectivity index (χ4n) is 2.87. The number of guanidine groups is 1. The molecule has 3 N–H and O–H groups in total. The number of nitrogens with zero attached hydrogens (tertiary/aromatic N) is 1. The van der Waals surface area contributed by atoms with Crippen LogP contribution in [-0.4, -0.2) is 26.2 Å². The number of hydrogen-bond donors (Lipinski definition) is 2. The quantitative estimate of drug-likeness (QED) is 0.323. The van der Waals surface area contributed by atoms with Crippen molar-refractivity contribution in [2.75, 3.05) is 20.2 Å². The minimum Gasteiger partial charge on any atom is -0.497 e. The highest BCUT2D eigenvalue weighted by atomic mass is 127. The molecule has 1 aliphatic rings. The van der Waals surface area contributed by atoms with Crippen molar-refractivity contribution >= 4 is 29.9 Å². The molecule has 0 radical (unpaired) electrons. The summed E-state index contributed by atoms with van der Waals surface area (Å²) in [5, 5.41) is 3.17. The Labute approximate surface area is 150 Å². The van der Waals surface area contributed by atoms with Gasteiger partial charge in [-0.1, -0.05) is 19.4 Å². The Morgan fingerprint density at radius 2 is 2.27 bits per heavy atom. The van der Waals surface area contributed by atoms with Crippen molar-refractivity contribution in [1.29, 1.82) is 0 Å². The van der Waals surface area contributed by atoms with Crippen LogP contribution in [0.5, 0.6) is 5.75 Å². The lowest BCUT2D eigenvalue weighted by Crippen LogP contribution is -2.33. The van der Waals surface area contributed by atoms with Crippen molar-refractivity contribution in [2.45, 2.75) is 44.9 Å². The normalized spacial score (nSPS) is 17.4. The van der Waals surface area contributed by atoms with E-state index in [2.05, 4.69) is 29.4 Å². The van der Waals surface area contributed by atoms with E-state index in [1.165, 1.54) is 24.0 Å². The third-order valence-electron chi connectivity index (χ3n) is 4.11. The second kappa shape index (κ2) is 9.92. The number of ether oxygens (including phenoxy) is 1. The topological polar surface area (TPSA) is 59.6 Å². The monoisotopic (exact) mass is 417 g/mol. The van der Waals surface area contributed by atoms with Gasteiger partial charge < -0.3 is 15.8 Å².